The van der Waals surface area contributed by atoms with Gasteiger partial charge < -0.3 is 4.90 Å². The number of likely N-dealkylation sites (N-methyl/N-ethyl adjacent to an activating group) is 1. The number of rotatable bonds is 5. The van der Waals surface area contributed by atoms with E-state index < -0.39 is 27.6 Å². The van der Waals surface area contributed by atoms with E-state index >= 15 is 0 Å². The molecule has 1 heterocycles. The van der Waals surface area contributed by atoms with Crippen molar-refractivity contribution in [1.82, 2.24) is 9.21 Å². The summed E-state index contributed by atoms with van der Waals surface area (Å²) in [4.78, 5) is 14.2. The molecule has 1 aliphatic carbocycles. The second-order valence-corrected chi connectivity index (χ2v) is 8.85. The monoisotopic (exact) mass is 358 g/mol. The van der Waals surface area contributed by atoms with Crippen LogP contribution in [0.2, 0.25) is 0 Å². The lowest BCUT2D eigenvalue weighted by atomic mass is 10.2. The van der Waals surface area contributed by atoms with E-state index in [4.69, 9.17) is 0 Å². The standard InChI is InChI=1S/C15H19FN2O3S2/c1-17(12-6-7-12)15(19)14-8-22-10-18(14)23(20,21)9-11-4-2-3-5-13(11)16/h2-5,12,14H,6-10H2,1H3. The summed E-state index contributed by atoms with van der Waals surface area (Å²) >= 11 is 1.42. The molecule has 8 heteroatoms. The lowest BCUT2D eigenvalue weighted by Gasteiger charge is -2.26. The normalized spacial score (nSPS) is 22.3. The van der Waals surface area contributed by atoms with Crippen LogP contribution in [0.25, 0.3) is 0 Å². The van der Waals surface area contributed by atoms with Crippen molar-refractivity contribution in [3.05, 3.63) is 35.6 Å². The summed E-state index contributed by atoms with van der Waals surface area (Å²) in [7, 11) is -2.02. The molecule has 126 valence electrons. The Kier molecular flexibility index (Phi) is 4.66. The molecule has 0 bridgehead atoms. The van der Waals surface area contributed by atoms with Gasteiger partial charge in [-0.05, 0) is 18.9 Å². The first-order valence-corrected chi connectivity index (χ1v) is 10.2. The zero-order valence-corrected chi connectivity index (χ0v) is 14.4. The molecule has 23 heavy (non-hydrogen) atoms. The van der Waals surface area contributed by atoms with Gasteiger partial charge in [0.05, 0.1) is 11.6 Å². The van der Waals surface area contributed by atoms with Crippen molar-refractivity contribution in [2.24, 2.45) is 0 Å². The van der Waals surface area contributed by atoms with Crippen molar-refractivity contribution < 1.29 is 17.6 Å². The first kappa shape index (κ1) is 16.7. The molecular formula is C15H19FN2O3S2. The summed E-state index contributed by atoms with van der Waals surface area (Å²) < 4.78 is 40.3. The number of thioether (sulfide) groups is 1. The summed E-state index contributed by atoms with van der Waals surface area (Å²) in [5.41, 5.74) is 0.131. The van der Waals surface area contributed by atoms with Crippen molar-refractivity contribution in [2.75, 3.05) is 18.7 Å². The fraction of sp³-hybridized carbons (Fsp3) is 0.533. The molecule has 0 radical (unpaired) electrons. The van der Waals surface area contributed by atoms with E-state index in [1.165, 1.54) is 34.3 Å². The third-order valence-corrected chi connectivity index (χ3v) is 7.17. The third kappa shape index (κ3) is 3.54. The van der Waals surface area contributed by atoms with Gasteiger partial charge in [0.25, 0.3) is 0 Å². The zero-order valence-electron chi connectivity index (χ0n) is 12.8. The van der Waals surface area contributed by atoms with E-state index in [1.807, 2.05) is 0 Å². The predicted octanol–water partition coefficient (Wildman–Crippen LogP) is 1.65. The van der Waals surface area contributed by atoms with Gasteiger partial charge in [0, 0.05) is 24.4 Å². The number of halogens is 1. The highest BCUT2D eigenvalue weighted by molar-refractivity contribution is 8.00. The minimum Gasteiger partial charge on any atom is -0.341 e. The molecule has 1 aliphatic heterocycles. The Hall–Kier alpha value is -1.12. The summed E-state index contributed by atoms with van der Waals surface area (Å²) in [6.45, 7) is 0. The maximum atomic E-state index is 13.7. The summed E-state index contributed by atoms with van der Waals surface area (Å²) in [6.07, 6.45) is 1.95. The van der Waals surface area contributed by atoms with Gasteiger partial charge in [-0.1, -0.05) is 18.2 Å². The molecule has 0 N–H and O–H groups in total. The van der Waals surface area contributed by atoms with Crippen LogP contribution in [-0.2, 0) is 20.6 Å². The Labute approximate surface area is 139 Å². The fourth-order valence-electron chi connectivity index (χ4n) is 2.67. The van der Waals surface area contributed by atoms with Gasteiger partial charge in [0.1, 0.15) is 11.9 Å². The number of hydrogen-bond donors (Lipinski definition) is 0. The molecule has 1 saturated carbocycles. The number of carbonyl (C=O) groups excluding carboxylic acids is 1. The van der Waals surface area contributed by atoms with Crippen LogP contribution in [0.1, 0.15) is 18.4 Å². The van der Waals surface area contributed by atoms with E-state index in [-0.39, 0.29) is 23.4 Å². The van der Waals surface area contributed by atoms with Crippen LogP contribution in [0.5, 0.6) is 0 Å². The van der Waals surface area contributed by atoms with Crippen molar-refractivity contribution >= 4 is 27.7 Å². The molecule has 0 spiro atoms. The van der Waals surface area contributed by atoms with Crippen LogP contribution in [0.15, 0.2) is 24.3 Å². The van der Waals surface area contributed by atoms with Gasteiger partial charge in [-0.15, -0.1) is 11.8 Å². The van der Waals surface area contributed by atoms with E-state index in [9.17, 15) is 17.6 Å². The van der Waals surface area contributed by atoms with Gasteiger partial charge in [-0.25, -0.2) is 12.8 Å². The van der Waals surface area contributed by atoms with Crippen LogP contribution in [-0.4, -0.2) is 54.3 Å². The fourth-order valence-corrected chi connectivity index (χ4v) is 5.98. The topological polar surface area (TPSA) is 57.7 Å². The molecule has 5 nitrogen and oxygen atoms in total. The number of nitrogens with zero attached hydrogens (tertiary/aromatic N) is 2. The van der Waals surface area contributed by atoms with E-state index in [0.29, 0.717) is 5.75 Å². The smallest absolute Gasteiger partial charge is 0.241 e. The second-order valence-electron chi connectivity index (χ2n) is 5.93. The Morgan fingerprint density at radius 3 is 2.74 bits per heavy atom. The van der Waals surface area contributed by atoms with Gasteiger partial charge >= 0.3 is 0 Å². The van der Waals surface area contributed by atoms with E-state index in [1.54, 1.807) is 18.0 Å². The van der Waals surface area contributed by atoms with E-state index in [2.05, 4.69) is 0 Å². The number of carbonyl (C=O) groups is 1. The number of hydrogen-bond acceptors (Lipinski definition) is 4. The van der Waals surface area contributed by atoms with Crippen LogP contribution in [0, 0.1) is 5.82 Å². The molecule has 1 atom stereocenters. The molecule has 1 aromatic rings. The second kappa shape index (κ2) is 6.41. The highest BCUT2D eigenvalue weighted by Gasteiger charge is 2.43. The molecule has 1 saturated heterocycles. The van der Waals surface area contributed by atoms with Gasteiger partial charge in [0.2, 0.25) is 15.9 Å². The SMILES string of the molecule is CN(C(=O)C1CSCN1S(=O)(=O)Cc1ccccc1F)C1CC1. The van der Waals surface area contributed by atoms with Crippen LogP contribution < -0.4 is 0 Å². The molecule has 1 unspecified atom stereocenters. The molecule has 2 aliphatic rings. The molecular weight excluding hydrogens is 339 g/mol. The Bertz CT molecular complexity index is 706. The average Bonchev–Trinajstić information content (AvgIpc) is 3.24. The molecule has 3 rings (SSSR count). The summed E-state index contributed by atoms with van der Waals surface area (Å²) in [5.74, 6) is -0.426. The average molecular weight is 358 g/mol. The molecule has 1 aromatic carbocycles. The van der Waals surface area contributed by atoms with Crippen molar-refractivity contribution in [3.63, 3.8) is 0 Å². The van der Waals surface area contributed by atoms with Crippen molar-refractivity contribution in [3.8, 4) is 0 Å². The van der Waals surface area contributed by atoms with Crippen LogP contribution in [0.4, 0.5) is 4.39 Å². The summed E-state index contributed by atoms with van der Waals surface area (Å²) in [6, 6.07) is 5.40. The molecule has 0 aromatic heterocycles. The van der Waals surface area contributed by atoms with Crippen molar-refractivity contribution in [2.45, 2.75) is 30.7 Å². The van der Waals surface area contributed by atoms with Gasteiger partial charge in [-0.3, -0.25) is 4.79 Å². The molecule has 1 amide bonds. The van der Waals surface area contributed by atoms with Crippen molar-refractivity contribution in [1.29, 1.82) is 0 Å². The maximum absolute atomic E-state index is 13.7. The minimum absolute atomic E-state index is 0.131. The maximum Gasteiger partial charge on any atom is 0.241 e. The number of benzene rings is 1. The number of sulfonamides is 1. The third-order valence-electron chi connectivity index (χ3n) is 4.22. The van der Waals surface area contributed by atoms with Crippen LogP contribution in [0.3, 0.4) is 0 Å². The first-order valence-electron chi connectivity index (χ1n) is 7.47. The van der Waals surface area contributed by atoms with Crippen LogP contribution >= 0.6 is 11.8 Å². The minimum atomic E-state index is -3.74. The van der Waals surface area contributed by atoms with Gasteiger partial charge in [0.15, 0.2) is 0 Å². The quantitative estimate of drug-likeness (QED) is 0.803. The van der Waals surface area contributed by atoms with Gasteiger partial charge in [-0.2, -0.15) is 4.31 Å². The lowest BCUT2D eigenvalue weighted by Crippen LogP contribution is -2.48. The lowest BCUT2D eigenvalue weighted by molar-refractivity contribution is -0.133. The molecule has 2 fully saturated rings. The Morgan fingerprint density at radius 1 is 1.39 bits per heavy atom. The summed E-state index contributed by atoms with van der Waals surface area (Å²) in [5, 5.41) is 0. The Balaban J connectivity index is 1.78. The van der Waals surface area contributed by atoms with E-state index in [0.717, 1.165) is 12.8 Å². The Morgan fingerprint density at radius 2 is 2.09 bits per heavy atom. The largest absolute Gasteiger partial charge is 0.341 e. The highest BCUT2D eigenvalue weighted by Crippen LogP contribution is 2.31. The first-order chi connectivity index (χ1) is 10.9. The predicted molar refractivity (Wildman–Crippen MR) is 87.8 cm³/mol. The zero-order chi connectivity index (χ0) is 16.6. The number of amides is 1. The highest BCUT2D eigenvalue weighted by atomic mass is 32.2.